The van der Waals surface area contributed by atoms with Gasteiger partial charge in [0.2, 0.25) is 0 Å². The maximum absolute atomic E-state index is 12.8. The summed E-state index contributed by atoms with van der Waals surface area (Å²) < 4.78 is 39.7. The number of benzene rings is 2. The van der Waals surface area contributed by atoms with E-state index in [-0.39, 0.29) is 6.01 Å². The fraction of sp³-hybridized carbons (Fsp3) is 0.174. The summed E-state index contributed by atoms with van der Waals surface area (Å²) in [5.41, 5.74) is 3.18. The van der Waals surface area contributed by atoms with E-state index in [1.807, 2.05) is 19.1 Å². The highest BCUT2D eigenvalue weighted by Crippen LogP contribution is 2.28. The molecule has 9 nitrogen and oxygen atoms in total. The van der Waals surface area contributed by atoms with Gasteiger partial charge in [-0.15, -0.1) is 0 Å². The van der Waals surface area contributed by atoms with Crippen molar-refractivity contribution in [2.75, 3.05) is 11.8 Å². The second-order valence-electron chi connectivity index (χ2n) is 7.36. The van der Waals surface area contributed by atoms with Gasteiger partial charge in [-0.1, -0.05) is 12.1 Å². The van der Waals surface area contributed by atoms with Gasteiger partial charge in [-0.3, -0.25) is 4.72 Å². The van der Waals surface area contributed by atoms with Gasteiger partial charge < -0.3 is 9.15 Å². The Morgan fingerprint density at radius 3 is 2.52 bits per heavy atom. The first-order valence-electron chi connectivity index (χ1n) is 10.1. The SMILES string of the molecule is CNS(=O)(=O)Nc1cccc(Cc2c(C)c3ccc(Oc4ncccn4)cc3oc2=O)c1C. The Hall–Kier alpha value is -3.76. The summed E-state index contributed by atoms with van der Waals surface area (Å²) in [4.78, 5) is 20.9. The van der Waals surface area contributed by atoms with E-state index in [1.54, 1.807) is 49.6 Å². The van der Waals surface area contributed by atoms with Crippen LogP contribution in [0.25, 0.3) is 11.0 Å². The molecule has 4 aromatic rings. The first-order valence-corrected chi connectivity index (χ1v) is 11.6. The molecule has 0 saturated carbocycles. The zero-order chi connectivity index (χ0) is 23.6. The molecule has 0 radical (unpaired) electrons. The normalized spacial score (nSPS) is 11.5. The molecule has 2 heterocycles. The van der Waals surface area contributed by atoms with Gasteiger partial charge in [0.25, 0.3) is 10.2 Å². The zero-order valence-electron chi connectivity index (χ0n) is 18.2. The maximum atomic E-state index is 12.8. The van der Waals surface area contributed by atoms with E-state index in [2.05, 4.69) is 19.4 Å². The van der Waals surface area contributed by atoms with Crippen LogP contribution < -0.4 is 19.8 Å². The Kier molecular flexibility index (Phi) is 6.12. The van der Waals surface area contributed by atoms with Crippen LogP contribution in [0.1, 0.15) is 22.3 Å². The summed E-state index contributed by atoms with van der Waals surface area (Å²) in [5, 5.41) is 0.774. The number of nitrogens with zero attached hydrogens (tertiary/aromatic N) is 2. The molecular formula is C23H22N4O5S. The highest BCUT2D eigenvalue weighted by atomic mass is 32.2. The van der Waals surface area contributed by atoms with Gasteiger partial charge in [-0.05, 0) is 54.8 Å². The molecule has 4 rings (SSSR count). The molecule has 0 spiro atoms. The fourth-order valence-corrected chi connectivity index (χ4v) is 4.07. The Labute approximate surface area is 190 Å². The zero-order valence-corrected chi connectivity index (χ0v) is 19.1. The molecule has 10 heteroatoms. The Morgan fingerprint density at radius 1 is 1.03 bits per heavy atom. The summed E-state index contributed by atoms with van der Waals surface area (Å²) in [6.45, 7) is 3.66. The van der Waals surface area contributed by atoms with E-state index >= 15 is 0 Å². The van der Waals surface area contributed by atoms with Crippen molar-refractivity contribution in [3.05, 3.63) is 87.5 Å². The maximum Gasteiger partial charge on any atom is 0.340 e. The molecule has 0 atom stereocenters. The van der Waals surface area contributed by atoms with Gasteiger partial charge in [0, 0.05) is 42.9 Å². The van der Waals surface area contributed by atoms with Crippen molar-refractivity contribution in [2.24, 2.45) is 0 Å². The summed E-state index contributed by atoms with van der Waals surface area (Å²) in [6.07, 6.45) is 3.43. The van der Waals surface area contributed by atoms with Crippen molar-refractivity contribution in [1.29, 1.82) is 0 Å². The predicted octanol–water partition coefficient (Wildman–Crippen LogP) is 3.46. The van der Waals surface area contributed by atoms with E-state index in [4.69, 9.17) is 9.15 Å². The Bertz CT molecular complexity index is 1480. The van der Waals surface area contributed by atoms with E-state index in [1.165, 1.54) is 7.05 Å². The summed E-state index contributed by atoms with van der Waals surface area (Å²) in [7, 11) is -2.33. The third kappa shape index (κ3) is 4.86. The number of hydrogen-bond acceptors (Lipinski definition) is 7. The van der Waals surface area contributed by atoms with E-state index in [0.717, 1.165) is 22.1 Å². The molecule has 0 amide bonds. The minimum absolute atomic E-state index is 0.191. The van der Waals surface area contributed by atoms with E-state index < -0.39 is 15.8 Å². The first kappa shape index (κ1) is 22.4. The van der Waals surface area contributed by atoms with Crippen LogP contribution in [-0.2, 0) is 16.6 Å². The summed E-state index contributed by atoms with van der Waals surface area (Å²) in [6, 6.07) is 12.3. The number of hydrogen-bond donors (Lipinski definition) is 2. The Balaban J connectivity index is 1.68. The van der Waals surface area contributed by atoms with Gasteiger partial charge in [0.1, 0.15) is 11.3 Å². The largest absolute Gasteiger partial charge is 0.424 e. The predicted molar refractivity (Wildman–Crippen MR) is 125 cm³/mol. The third-order valence-electron chi connectivity index (χ3n) is 5.34. The number of anilines is 1. The minimum Gasteiger partial charge on any atom is -0.424 e. The first-order chi connectivity index (χ1) is 15.8. The molecule has 33 heavy (non-hydrogen) atoms. The average molecular weight is 467 g/mol. The smallest absolute Gasteiger partial charge is 0.340 e. The molecule has 2 N–H and O–H groups in total. The molecule has 0 fully saturated rings. The molecule has 170 valence electrons. The van der Waals surface area contributed by atoms with Crippen LogP contribution in [0.3, 0.4) is 0 Å². The highest BCUT2D eigenvalue weighted by molar-refractivity contribution is 7.90. The average Bonchev–Trinajstić information content (AvgIpc) is 2.79. The lowest BCUT2D eigenvalue weighted by atomic mass is 9.96. The molecule has 0 aliphatic rings. The fourth-order valence-electron chi connectivity index (χ4n) is 3.46. The van der Waals surface area contributed by atoms with Crippen LogP contribution in [0.2, 0.25) is 0 Å². The van der Waals surface area contributed by atoms with E-state index in [0.29, 0.717) is 29.0 Å². The van der Waals surface area contributed by atoms with Crippen molar-refractivity contribution < 1.29 is 17.6 Å². The van der Waals surface area contributed by atoms with Crippen molar-refractivity contribution in [2.45, 2.75) is 20.3 Å². The summed E-state index contributed by atoms with van der Waals surface area (Å²) >= 11 is 0. The second-order valence-corrected chi connectivity index (χ2v) is 8.98. The standard InChI is InChI=1S/C23H22N4O5S/c1-14-16(6-4-7-20(14)27-33(29,30)24-3)12-19-15(2)18-9-8-17(13-21(18)32-22(19)28)31-23-25-10-5-11-26-23/h4-11,13,24,27H,12H2,1-3H3. The molecule has 0 saturated heterocycles. The molecule has 0 unspecified atom stereocenters. The Morgan fingerprint density at radius 2 is 1.79 bits per heavy atom. The lowest BCUT2D eigenvalue weighted by Gasteiger charge is -2.14. The molecule has 0 aliphatic carbocycles. The number of nitrogens with one attached hydrogen (secondary N) is 2. The van der Waals surface area contributed by atoms with Crippen LogP contribution in [0.4, 0.5) is 5.69 Å². The number of rotatable bonds is 7. The lowest BCUT2D eigenvalue weighted by Crippen LogP contribution is -2.26. The quantitative estimate of drug-likeness (QED) is 0.400. The minimum atomic E-state index is -3.66. The van der Waals surface area contributed by atoms with Crippen molar-refractivity contribution in [3.63, 3.8) is 0 Å². The number of fused-ring (bicyclic) bond motifs is 1. The summed E-state index contributed by atoms with van der Waals surface area (Å²) in [5.74, 6) is 0.448. The van der Waals surface area contributed by atoms with Crippen molar-refractivity contribution >= 4 is 26.9 Å². The van der Waals surface area contributed by atoms with Gasteiger partial charge in [0.05, 0.1) is 5.69 Å². The topological polar surface area (TPSA) is 123 Å². The number of ether oxygens (including phenoxy) is 1. The molecular weight excluding hydrogens is 444 g/mol. The van der Waals surface area contributed by atoms with Crippen LogP contribution in [0.15, 0.2) is 64.1 Å². The monoisotopic (exact) mass is 466 g/mol. The van der Waals surface area contributed by atoms with E-state index in [9.17, 15) is 13.2 Å². The van der Waals surface area contributed by atoms with Gasteiger partial charge in [0.15, 0.2) is 0 Å². The molecule has 2 aromatic carbocycles. The number of aromatic nitrogens is 2. The molecule has 0 bridgehead atoms. The van der Waals surface area contributed by atoms with Crippen LogP contribution >= 0.6 is 0 Å². The van der Waals surface area contributed by atoms with Gasteiger partial charge >= 0.3 is 11.6 Å². The third-order valence-corrected chi connectivity index (χ3v) is 6.36. The van der Waals surface area contributed by atoms with Crippen LogP contribution in [0.5, 0.6) is 11.8 Å². The highest BCUT2D eigenvalue weighted by Gasteiger charge is 2.16. The molecule has 0 aliphatic heterocycles. The lowest BCUT2D eigenvalue weighted by molar-refractivity contribution is 0.440. The number of aryl methyl sites for hydroxylation is 1. The second kappa shape index (κ2) is 9.00. The van der Waals surface area contributed by atoms with Gasteiger partial charge in [-0.25, -0.2) is 19.5 Å². The van der Waals surface area contributed by atoms with Crippen molar-refractivity contribution in [3.8, 4) is 11.8 Å². The van der Waals surface area contributed by atoms with Crippen LogP contribution in [-0.4, -0.2) is 25.4 Å². The van der Waals surface area contributed by atoms with Gasteiger partial charge in [-0.2, -0.15) is 8.42 Å². The van der Waals surface area contributed by atoms with Crippen molar-refractivity contribution in [1.82, 2.24) is 14.7 Å². The van der Waals surface area contributed by atoms with Crippen LogP contribution in [0, 0.1) is 13.8 Å². The molecule has 2 aromatic heterocycles.